The third kappa shape index (κ3) is 2.46. The van der Waals surface area contributed by atoms with Crippen LogP contribution in [0.3, 0.4) is 0 Å². The van der Waals surface area contributed by atoms with Crippen LogP contribution < -0.4 is 0 Å². The highest BCUT2D eigenvalue weighted by Crippen LogP contribution is 1.96. The van der Waals surface area contributed by atoms with Gasteiger partial charge in [-0.1, -0.05) is 0 Å². The van der Waals surface area contributed by atoms with Gasteiger partial charge in [-0.3, -0.25) is 9.63 Å². The minimum Gasteiger partial charge on any atom is -0.274 e. The predicted molar refractivity (Wildman–Crippen MR) is 34.3 cm³/mol. The van der Waals surface area contributed by atoms with Crippen LogP contribution >= 0.6 is 0 Å². The van der Waals surface area contributed by atoms with E-state index in [1.807, 2.05) is 13.8 Å². The number of carbonyl (C=O) groups excluding carboxylic acids is 1. The van der Waals surface area contributed by atoms with Gasteiger partial charge in [-0.25, -0.2) is 5.06 Å². The van der Waals surface area contributed by atoms with E-state index >= 15 is 0 Å². The molecule has 0 atom stereocenters. The fourth-order valence-electron chi connectivity index (χ4n) is 0.601. The van der Waals surface area contributed by atoms with Gasteiger partial charge in [-0.05, 0) is 13.8 Å². The van der Waals surface area contributed by atoms with Crippen LogP contribution in [-0.4, -0.2) is 24.1 Å². The molecule has 0 heterocycles. The van der Waals surface area contributed by atoms with E-state index in [2.05, 4.69) is 6.92 Å². The van der Waals surface area contributed by atoms with Crippen LogP contribution in [0.15, 0.2) is 0 Å². The summed E-state index contributed by atoms with van der Waals surface area (Å²) >= 11 is 0. The Morgan fingerprint density at radius 2 is 2.11 bits per heavy atom. The topological polar surface area (TPSA) is 29.5 Å². The molecule has 0 rings (SSSR count). The highest BCUT2D eigenvalue weighted by atomic mass is 16.7. The lowest BCUT2D eigenvalue weighted by Crippen LogP contribution is -2.33. The molecule has 3 nitrogen and oxygen atoms in total. The van der Waals surface area contributed by atoms with E-state index in [-0.39, 0.29) is 11.9 Å². The van der Waals surface area contributed by atoms with Gasteiger partial charge in [0, 0.05) is 6.92 Å². The monoisotopic (exact) mass is 130 g/mol. The molecule has 3 heteroatoms. The molecule has 0 N–H and O–H groups in total. The molecule has 0 fully saturated rings. The van der Waals surface area contributed by atoms with Crippen LogP contribution in [0.1, 0.15) is 13.8 Å². The van der Waals surface area contributed by atoms with Crippen LogP contribution in [0.25, 0.3) is 0 Å². The van der Waals surface area contributed by atoms with Gasteiger partial charge in [0.2, 0.25) is 5.91 Å². The zero-order valence-corrected chi connectivity index (χ0v) is 6.05. The molecule has 1 radical (unpaired) electrons. The average molecular weight is 130 g/mol. The molecule has 0 aliphatic rings. The SMILES string of the molecule is [CH2]C(=O)N(OC)C(C)C. The quantitative estimate of drug-likeness (QED) is 0.513. The van der Waals surface area contributed by atoms with Crippen molar-refractivity contribution in [1.82, 2.24) is 5.06 Å². The normalized spacial score (nSPS) is 9.89. The van der Waals surface area contributed by atoms with Gasteiger partial charge in [-0.2, -0.15) is 0 Å². The zero-order chi connectivity index (χ0) is 7.44. The average Bonchev–Trinajstić information content (AvgIpc) is 1.64. The summed E-state index contributed by atoms with van der Waals surface area (Å²) in [6, 6.07) is 0.0556. The van der Waals surface area contributed by atoms with E-state index in [1.165, 1.54) is 12.2 Å². The van der Waals surface area contributed by atoms with Gasteiger partial charge in [0.05, 0.1) is 13.2 Å². The third-order valence-corrected chi connectivity index (χ3v) is 0.912. The molecule has 0 aromatic carbocycles. The molecule has 0 saturated heterocycles. The van der Waals surface area contributed by atoms with Crippen molar-refractivity contribution >= 4 is 5.91 Å². The number of hydrogen-bond donors (Lipinski definition) is 0. The lowest BCUT2D eigenvalue weighted by molar-refractivity contribution is -0.179. The first-order chi connectivity index (χ1) is 4.09. The largest absolute Gasteiger partial charge is 0.274 e. The Morgan fingerprint density at radius 3 is 2.11 bits per heavy atom. The number of hydroxylamine groups is 2. The highest BCUT2D eigenvalue weighted by Gasteiger charge is 2.10. The van der Waals surface area contributed by atoms with E-state index in [0.29, 0.717) is 0 Å². The van der Waals surface area contributed by atoms with Crippen molar-refractivity contribution in [2.45, 2.75) is 19.9 Å². The van der Waals surface area contributed by atoms with Gasteiger partial charge in [-0.15, -0.1) is 0 Å². The van der Waals surface area contributed by atoms with Crippen LogP contribution in [0.4, 0.5) is 0 Å². The minimum atomic E-state index is -0.312. The predicted octanol–water partition coefficient (Wildman–Crippen LogP) is 0.619. The maximum atomic E-state index is 10.5. The third-order valence-electron chi connectivity index (χ3n) is 0.912. The summed E-state index contributed by atoms with van der Waals surface area (Å²) in [6.07, 6.45) is 0. The summed E-state index contributed by atoms with van der Waals surface area (Å²) in [5, 5.41) is 1.21. The second-order valence-corrected chi connectivity index (χ2v) is 2.00. The maximum absolute atomic E-state index is 10.5. The Balaban J connectivity index is 3.83. The first-order valence-corrected chi connectivity index (χ1v) is 2.79. The summed E-state index contributed by atoms with van der Waals surface area (Å²) in [5.74, 6) is -0.312. The summed E-state index contributed by atoms with van der Waals surface area (Å²) in [5.41, 5.74) is 0. The molecule has 0 aliphatic heterocycles. The molecular weight excluding hydrogens is 118 g/mol. The second-order valence-electron chi connectivity index (χ2n) is 2.00. The number of amides is 1. The smallest absolute Gasteiger partial charge is 0.246 e. The summed E-state index contributed by atoms with van der Waals surface area (Å²) in [7, 11) is 1.45. The molecule has 0 bridgehead atoms. The lowest BCUT2D eigenvalue weighted by atomic mass is 10.4. The summed E-state index contributed by atoms with van der Waals surface area (Å²) < 4.78 is 0. The van der Waals surface area contributed by atoms with Crippen molar-refractivity contribution in [3.63, 3.8) is 0 Å². The Kier molecular flexibility index (Phi) is 3.24. The highest BCUT2D eigenvalue weighted by molar-refractivity contribution is 5.79. The van der Waals surface area contributed by atoms with Crippen molar-refractivity contribution < 1.29 is 9.63 Å². The lowest BCUT2D eigenvalue weighted by Gasteiger charge is -2.21. The number of rotatable bonds is 2. The number of carbonyl (C=O) groups is 1. The van der Waals surface area contributed by atoms with Gasteiger partial charge in [0.25, 0.3) is 0 Å². The Labute approximate surface area is 55.6 Å². The molecule has 0 aromatic rings. The van der Waals surface area contributed by atoms with Gasteiger partial charge >= 0.3 is 0 Å². The first-order valence-electron chi connectivity index (χ1n) is 2.79. The van der Waals surface area contributed by atoms with Gasteiger partial charge < -0.3 is 0 Å². The molecule has 0 unspecified atom stereocenters. The summed E-state index contributed by atoms with van der Waals surface area (Å²) in [4.78, 5) is 15.2. The molecule has 1 amide bonds. The molecule has 0 aliphatic carbocycles. The second kappa shape index (κ2) is 3.45. The fourth-order valence-corrected chi connectivity index (χ4v) is 0.601. The van der Waals surface area contributed by atoms with E-state index < -0.39 is 0 Å². The van der Waals surface area contributed by atoms with Crippen molar-refractivity contribution in [3.8, 4) is 0 Å². The van der Waals surface area contributed by atoms with E-state index in [1.54, 1.807) is 0 Å². The van der Waals surface area contributed by atoms with Gasteiger partial charge in [0.15, 0.2) is 0 Å². The van der Waals surface area contributed by atoms with Crippen LogP contribution in [-0.2, 0) is 9.63 Å². The Hall–Kier alpha value is -0.570. The van der Waals surface area contributed by atoms with Crippen molar-refractivity contribution in [2.24, 2.45) is 0 Å². The number of hydrogen-bond acceptors (Lipinski definition) is 2. The van der Waals surface area contributed by atoms with E-state index in [9.17, 15) is 4.79 Å². The van der Waals surface area contributed by atoms with Crippen LogP contribution in [0.2, 0.25) is 0 Å². The van der Waals surface area contributed by atoms with E-state index in [4.69, 9.17) is 4.84 Å². The molecule has 9 heavy (non-hydrogen) atoms. The van der Waals surface area contributed by atoms with Crippen LogP contribution in [0.5, 0.6) is 0 Å². The number of nitrogens with zero attached hydrogens (tertiary/aromatic N) is 1. The maximum Gasteiger partial charge on any atom is 0.246 e. The fraction of sp³-hybridized carbons (Fsp3) is 0.667. The van der Waals surface area contributed by atoms with Crippen molar-refractivity contribution in [2.75, 3.05) is 7.11 Å². The molecular formula is C6H12NO2. The molecule has 0 saturated carbocycles. The first kappa shape index (κ1) is 8.43. The van der Waals surface area contributed by atoms with Crippen molar-refractivity contribution in [3.05, 3.63) is 6.92 Å². The molecule has 0 aromatic heterocycles. The molecule has 0 spiro atoms. The standard InChI is InChI=1S/C6H12NO2/c1-5(2)7(9-4)6(3)8/h5H,3H2,1-2,4H3. The summed E-state index contributed by atoms with van der Waals surface area (Å²) in [6.45, 7) is 6.90. The Morgan fingerprint density at radius 1 is 1.67 bits per heavy atom. The van der Waals surface area contributed by atoms with E-state index in [0.717, 1.165) is 0 Å². The van der Waals surface area contributed by atoms with Crippen molar-refractivity contribution in [1.29, 1.82) is 0 Å². The molecule has 53 valence electrons. The minimum absolute atomic E-state index is 0.0556. The van der Waals surface area contributed by atoms with Gasteiger partial charge in [0.1, 0.15) is 0 Å². The van der Waals surface area contributed by atoms with Crippen LogP contribution in [0, 0.1) is 6.92 Å². The zero-order valence-electron chi connectivity index (χ0n) is 6.05. The Bertz CT molecular complexity index is 101.